The summed E-state index contributed by atoms with van der Waals surface area (Å²) in [5.74, 6) is 1.13. The third-order valence-corrected chi connectivity index (χ3v) is 3.02. The number of allylic oxidation sites excluding steroid dienone is 1. The van der Waals surface area contributed by atoms with Crippen molar-refractivity contribution >= 4 is 17.8 Å². The van der Waals surface area contributed by atoms with E-state index in [0.717, 1.165) is 28.0 Å². The molecule has 1 aliphatic rings. The molecule has 1 saturated heterocycles. The average Bonchev–Trinajstić information content (AvgIpc) is 2.49. The van der Waals surface area contributed by atoms with Crippen molar-refractivity contribution in [3.8, 4) is 11.8 Å². The van der Waals surface area contributed by atoms with E-state index in [1.807, 2.05) is 0 Å². The van der Waals surface area contributed by atoms with Gasteiger partial charge in [-0.3, -0.25) is 19.4 Å². The highest BCUT2D eigenvalue weighted by Crippen LogP contribution is 2.14. The van der Waals surface area contributed by atoms with Gasteiger partial charge in [0.25, 0.3) is 11.8 Å². The highest BCUT2D eigenvalue weighted by atomic mass is 19.1. The van der Waals surface area contributed by atoms with Gasteiger partial charge in [0.2, 0.25) is 0 Å². The zero-order valence-corrected chi connectivity index (χ0v) is 11.7. The Bertz CT molecular complexity index is 728. The molecule has 7 heteroatoms. The van der Waals surface area contributed by atoms with E-state index in [-0.39, 0.29) is 5.57 Å². The molecular weight excluding hydrogens is 294 g/mol. The number of urea groups is 1. The summed E-state index contributed by atoms with van der Waals surface area (Å²) in [6, 6.07) is 2.51. The first-order valence-corrected chi connectivity index (χ1v) is 6.10. The molecule has 1 aliphatic heterocycles. The fourth-order valence-electron chi connectivity index (χ4n) is 1.77. The molecule has 0 radical (unpaired) electrons. The summed E-state index contributed by atoms with van der Waals surface area (Å²) in [6.07, 6.45) is 0.940. The summed E-state index contributed by atoms with van der Waals surface area (Å²) >= 11 is 0. The second kappa shape index (κ2) is 5.77. The summed E-state index contributed by atoms with van der Waals surface area (Å²) in [5.41, 5.74) is -0.818. The van der Waals surface area contributed by atoms with E-state index in [4.69, 9.17) is 0 Å². The lowest BCUT2D eigenvalue weighted by Gasteiger charge is -2.28. The maximum absolute atomic E-state index is 13.4. The first-order valence-electron chi connectivity index (χ1n) is 6.10. The molecule has 0 N–H and O–H groups in total. The first-order chi connectivity index (χ1) is 10.3. The van der Waals surface area contributed by atoms with Gasteiger partial charge in [0.05, 0.1) is 5.56 Å². The van der Waals surface area contributed by atoms with Crippen molar-refractivity contribution in [3.05, 3.63) is 47.0 Å². The van der Waals surface area contributed by atoms with Crippen LogP contribution < -0.4 is 0 Å². The Hall–Kier alpha value is -3.01. The molecule has 1 aromatic carbocycles. The third-order valence-electron chi connectivity index (χ3n) is 3.02. The maximum atomic E-state index is 13.4. The van der Waals surface area contributed by atoms with Crippen molar-refractivity contribution in [2.45, 2.75) is 0 Å². The van der Waals surface area contributed by atoms with Gasteiger partial charge in [0, 0.05) is 20.2 Å². The van der Waals surface area contributed by atoms with E-state index in [2.05, 4.69) is 11.8 Å². The monoisotopic (exact) mass is 304 g/mol. The van der Waals surface area contributed by atoms with Crippen LogP contribution in [0.25, 0.3) is 0 Å². The summed E-state index contributed by atoms with van der Waals surface area (Å²) in [6.45, 7) is 0. The summed E-state index contributed by atoms with van der Waals surface area (Å²) in [7, 11) is 2.43. The van der Waals surface area contributed by atoms with E-state index in [9.17, 15) is 23.2 Å². The van der Waals surface area contributed by atoms with Gasteiger partial charge in [-0.25, -0.2) is 13.6 Å². The lowest BCUT2D eigenvalue weighted by molar-refractivity contribution is -0.134. The smallest absolute Gasteiger partial charge is 0.268 e. The van der Waals surface area contributed by atoms with E-state index < -0.39 is 35.0 Å². The van der Waals surface area contributed by atoms with Crippen LogP contribution in [0, 0.1) is 23.5 Å². The normalized spacial score (nSPS) is 14.9. The van der Waals surface area contributed by atoms with Crippen LogP contribution in [0.1, 0.15) is 5.56 Å². The molecule has 0 atom stereocenters. The molecule has 1 fully saturated rings. The molecular formula is C15H10F2N2O3. The Balaban J connectivity index is 2.38. The van der Waals surface area contributed by atoms with Gasteiger partial charge in [0.15, 0.2) is 0 Å². The fourth-order valence-corrected chi connectivity index (χ4v) is 1.77. The summed E-state index contributed by atoms with van der Waals surface area (Å²) in [4.78, 5) is 36.7. The van der Waals surface area contributed by atoms with Crippen molar-refractivity contribution in [1.82, 2.24) is 9.80 Å². The standard InChI is InChI=1S/C15H10F2N2O3/c1-18-13(20)10(14(21)19(2)15(18)22)6-3-5-9-11(16)7-4-8-12(9)17/h4,6-8H,1-2H3. The molecule has 0 aromatic heterocycles. The van der Waals surface area contributed by atoms with E-state index in [1.54, 1.807) is 0 Å². The molecule has 0 aliphatic carbocycles. The number of carbonyl (C=O) groups excluding carboxylic acids is 3. The van der Waals surface area contributed by atoms with Gasteiger partial charge in [-0.1, -0.05) is 17.9 Å². The van der Waals surface area contributed by atoms with Crippen LogP contribution in [-0.2, 0) is 9.59 Å². The number of nitrogens with zero attached hydrogens (tertiary/aromatic N) is 2. The average molecular weight is 304 g/mol. The minimum absolute atomic E-state index is 0.353. The Kier molecular flexibility index (Phi) is 4.04. The van der Waals surface area contributed by atoms with E-state index >= 15 is 0 Å². The van der Waals surface area contributed by atoms with Crippen molar-refractivity contribution in [2.24, 2.45) is 0 Å². The van der Waals surface area contributed by atoms with Crippen LogP contribution in [0.3, 0.4) is 0 Å². The fraction of sp³-hybridized carbons (Fsp3) is 0.133. The van der Waals surface area contributed by atoms with Gasteiger partial charge in [-0.05, 0) is 12.1 Å². The predicted octanol–water partition coefficient (Wildman–Crippen LogP) is 1.29. The number of likely N-dealkylation sites (N-methyl/N-ethyl adjacent to an activating group) is 2. The SMILES string of the molecule is CN1C(=O)C(=CC#Cc2c(F)cccc2F)C(=O)N(C)C1=O. The highest BCUT2D eigenvalue weighted by Gasteiger charge is 2.37. The van der Waals surface area contributed by atoms with Gasteiger partial charge >= 0.3 is 6.03 Å². The predicted molar refractivity (Wildman–Crippen MR) is 72.3 cm³/mol. The number of barbiturate groups is 1. The second-order valence-electron chi connectivity index (χ2n) is 4.43. The molecule has 112 valence electrons. The van der Waals surface area contributed by atoms with Crippen molar-refractivity contribution in [3.63, 3.8) is 0 Å². The second-order valence-corrected chi connectivity index (χ2v) is 4.43. The Labute approximate surface area is 124 Å². The third kappa shape index (κ3) is 2.59. The quantitative estimate of drug-likeness (QED) is 0.412. The number of rotatable bonds is 0. The number of hydrogen-bond acceptors (Lipinski definition) is 3. The van der Waals surface area contributed by atoms with Gasteiger partial charge in [0.1, 0.15) is 17.2 Å². The molecule has 0 spiro atoms. The summed E-state index contributed by atoms with van der Waals surface area (Å²) < 4.78 is 26.8. The number of benzene rings is 1. The van der Waals surface area contributed by atoms with Crippen LogP contribution in [0.4, 0.5) is 13.6 Å². The van der Waals surface area contributed by atoms with E-state index in [0.29, 0.717) is 0 Å². The topological polar surface area (TPSA) is 57.7 Å². The number of hydrogen-bond donors (Lipinski definition) is 0. The molecule has 4 amide bonds. The zero-order valence-electron chi connectivity index (χ0n) is 11.7. The molecule has 2 rings (SSSR count). The zero-order chi connectivity index (χ0) is 16.4. The number of imide groups is 2. The molecule has 5 nitrogen and oxygen atoms in total. The largest absolute Gasteiger partial charge is 0.333 e. The van der Waals surface area contributed by atoms with Gasteiger partial charge < -0.3 is 0 Å². The minimum Gasteiger partial charge on any atom is -0.268 e. The number of carbonyl (C=O) groups is 3. The van der Waals surface area contributed by atoms with Crippen LogP contribution in [0.5, 0.6) is 0 Å². The Morgan fingerprint density at radius 2 is 1.50 bits per heavy atom. The van der Waals surface area contributed by atoms with Gasteiger partial charge in [-0.2, -0.15) is 0 Å². The number of amides is 4. The molecule has 0 bridgehead atoms. The summed E-state index contributed by atoms with van der Waals surface area (Å²) in [5, 5.41) is 0. The van der Waals surface area contributed by atoms with Crippen LogP contribution >= 0.6 is 0 Å². The van der Waals surface area contributed by atoms with Crippen molar-refractivity contribution in [2.75, 3.05) is 14.1 Å². The van der Waals surface area contributed by atoms with Gasteiger partial charge in [-0.15, -0.1) is 0 Å². The highest BCUT2D eigenvalue weighted by molar-refractivity contribution is 6.28. The van der Waals surface area contributed by atoms with Crippen molar-refractivity contribution < 1.29 is 23.2 Å². The number of halogens is 2. The molecule has 1 aromatic rings. The lowest BCUT2D eigenvalue weighted by Crippen LogP contribution is -2.53. The van der Waals surface area contributed by atoms with Crippen LogP contribution in [0.2, 0.25) is 0 Å². The Morgan fingerprint density at radius 1 is 1.00 bits per heavy atom. The van der Waals surface area contributed by atoms with Crippen molar-refractivity contribution in [1.29, 1.82) is 0 Å². The first kappa shape index (κ1) is 15.4. The Morgan fingerprint density at radius 3 is 2.00 bits per heavy atom. The lowest BCUT2D eigenvalue weighted by atomic mass is 10.1. The van der Waals surface area contributed by atoms with E-state index in [1.165, 1.54) is 20.2 Å². The van der Waals surface area contributed by atoms with Crippen LogP contribution in [-0.4, -0.2) is 41.7 Å². The molecule has 0 saturated carbocycles. The van der Waals surface area contributed by atoms with Crippen LogP contribution in [0.15, 0.2) is 29.8 Å². The molecule has 22 heavy (non-hydrogen) atoms. The maximum Gasteiger partial charge on any atom is 0.333 e. The molecule has 1 heterocycles. The molecule has 0 unspecified atom stereocenters. The minimum atomic E-state index is -0.850.